The summed E-state index contributed by atoms with van der Waals surface area (Å²) >= 11 is 0. The van der Waals surface area contributed by atoms with Crippen LogP contribution in [0.3, 0.4) is 0 Å². The quantitative estimate of drug-likeness (QED) is 0.248. The Balaban J connectivity index is 1.55. The monoisotopic (exact) mass is 570 g/mol. The van der Waals surface area contributed by atoms with Gasteiger partial charge in [-0.1, -0.05) is 12.8 Å². The van der Waals surface area contributed by atoms with Crippen LogP contribution in [0, 0.1) is 17.2 Å². The number of aromatic hydroxyl groups is 1. The van der Waals surface area contributed by atoms with Gasteiger partial charge in [0.1, 0.15) is 16.9 Å². The first-order chi connectivity index (χ1) is 18.7. The van der Waals surface area contributed by atoms with Gasteiger partial charge in [0.25, 0.3) is 11.5 Å². The molecule has 11 nitrogen and oxygen atoms in total. The van der Waals surface area contributed by atoms with Crippen LogP contribution in [0.25, 0.3) is 0 Å². The van der Waals surface area contributed by atoms with Crippen molar-refractivity contribution in [1.82, 2.24) is 18.9 Å². The van der Waals surface area contributed by atoms with Crippen LogP contribution in [0.5, 0.6) is 5.88 Å². The molecule has 0 radical (unpaired) electrons. The second-order valence-corrected chi connectivity index (χ2v) is 11.6. The highest BCUT2D eigenvalue weighted by molar-refractivity contribution is 6.06. The topological polar surface area (TPSA) is 155 Å². The maximum absolute atomic E-state index is 13.5. The smallest absolute Gasteiger partial charge is 0.390 e. The predicted octanol–water partition coefficient (Wildman–Crippen LogP) is 2.92. The molecule has 1 aromatic rings. The van der Waals surface area contributed by atoms with Crippen LogP contribution < -0.4 is 17.0 Å². The number of carbonyl (C=O) groups is 2. The van der Waals surface area contributed by atoms with E-state index in [1.165, 1.54) is 14.0 Å². The van der Waals surface area contributed by atoms with Crippen LogP contribution in [0.15, 0.2) is 9.59 Å². The lowest BCUT2D eigenvalue weighted by molar-refractivity contribution is -0.142. The molecule has 222 valence electrons. The minimum Gasteiger partial charge on any atom is -0.494 e. The number of nitrogen functional groups attached to an aromatic ring is 1. The molecule has 1 saturated heterocycles. The summed E-state index contributed by atoms with van der Waals surface area (Å²) in [7, 11) is 1.26. The third kappa shape index (κ3) is 5.49. The molecule has 3 amide bonds. The molecule has 40 heavy (non-hydrogen) atoms. The van der Waals surface area contributed by atoms with Crippen molar-refractivity contribution in [2.45, 2.75) is 95.4 Å². The Morgan fingerprint density at radius 1 is 1.05 bits per heavy atom. The number of aromatic nitrogens is 2. The molecule has 0 aromatic carbocycles. The van der Waals surface area contributed by atoms with E-state index >= 15 is 0 Å². The summed E-state index contributed by atoms with van der Waals surface area (Å²) in [6.45, 7) is 1.09. The van der Waals surface area contributed by atoms with Gasteiger partial charge >= 0.3 is 17.9 Å². The van der Waals surface area contributed by atoms with Crippen molar-refractivity contribution in [3.05, 3.63) is 26.4 Å². The molecule has 4 N–H and O–H groups in total. The largest absolute Gasteiger partial charge is 0.494 e. The number of likely N-dealkylation sites (N-methyl/N-ethyl adjacent to an activating group) is 1. The second kappa shape index (κ2) is 10.9. The van der Waals surface area contributed by atoms with Crippen molar-refractivity contribution in [2.75, 3.05) is 13.6 Å². The van der Waals surface area contributed by atoms with Crippen LogP contribution in [-0.2, 0) is 11.3 Å². The molecule has 1 aromatic heterocycles. The Bertz CT molecular complexity index is 1290. The summed E-state index contributed by atoms with van der Waals surface area (Å²) in [5.74, 6) is -1.77. The number of hydrogen-bond donors (Lipinski definition) is 3. The summed E-state index contributed by atoms with van der Waals surface area (Å²) in [5.41, 5.74) is 2.29. The Kier molecular flexibility index (Phi) is 8.10. The van der Waals surface area contributed by atoms with Gasteiger partial charge in [-0.25, -0.2) is 9.59 Å². The molecule has 1 aliphatic heterocycles. The Labute approximate surface area is 229 Å². The molecule has 0 bridgehead atoms. The number of alkyl halides is 3. The molecule has 0 unspecified atom stereocenters. The van der Waals surface area contributed by atoms with Crippen molar-refractivity contribution in [2.24, 2.45) is 17.6 Å². The molecule has 1 atom stereocenters. The molecular weight excluding hydrogens is 533 g/mol. The Morgan fingerprint density at radius 2 is 1.65 bits per heavy atom. The van der Waals surface area contributed by atoms with Gasteiger partial charge in [-0.15, -0.1) is 0 Å². The third-order valence-corrected chi connectivity index (χ3v) is 8.90. The van der Waals surface area contributed by atoms with E-state index < -0.39 is 71.2 Å². The summed E-state index contributed by atoms with van der Waals surface area (Å²) in [6, 6.07) is -1.30. The van der Waals surface area contributed by atoms with Crippen molar-refractivity contribution >= 4 is 17.8 Å². The highest BCUT2D eigenvalue weighted by Crippen LogP contribution is 2.41. The first-order valence-corrected chi connectivity index (χ1v) is 13.7. The molecular formula is C26H37F3N6O5. The van der Waals surface area contributed by atoms with Crippen LogP contribution in [0.4, 0.5) is 18.0 Å². The Morgan fingerprint density at radius 3 is 2.20 bits per heavy atom. The predicted molar refractivity (Wildman–Crippen MR) is 139 cm³/mol. The molecule has 2 heterocycles. The van der Waals surface area contributed by atoms with Gasteiger partial charge in [-0.2, -0.15) is 13.2 Å². The number of nitrogens with zero attached hydrogens (tertiary/aromatic N) is 4. The zero-order valence-corrected chi connectivity index (χ0v) is 22.8. The fourth-order valence-electron chi connectivity index (χ4n) is 6.74. The lowest BCUT2D eigenvalue weighted by Crippen LogP contribution is -2.50. The molecule has 3 aliphatic rings. The fraction of sp³-hybridized carbons (Fsp3) is 0.731. The average Bonchev–Trinajstić information content (AvgIpc) is 3.43. The van der Waals surface area contributed by atoms with Crippen LogP contribution in [-0.4, -0.2) is 67.1 Å². The maximum Gasteiger partial charge on any atom is 0.390 e. The average molecular weight is 571 g/mol. The van der Waals surface area contributed by atoms with Crippen LogP contribution in [0.2, 0.25) is 0 Å². The standard InChI is InChI=1S/C26H37F3N6O5/c1-25(22(38)32(2)23(39)34(25)12-11-26(27,28)29)13-15-7-9-17(10-8-15)35-21(37)18(19(30)31)20(36)33(24(35)40)14-16-5-3-4-6-16/h15-17,36H,3-14H2,1-2H3,(H3,30,31)/t15?,17?,25-/m0/s1. The number of rotatable bonds is 8. The number of imide groups is 1. The molecule has 2 aliphatic carbocycles. The summed E-state index contributed by atoms with van der Waals surface area (Å²) in [5, 5.41) is 18.6. The van der Waals surface area contributed by atoms with E-state index in [2.05, 4.69) is 0 Å². The van der Waals surface area contributed by atoms with Gasteiger partial charge < -0.3 is 15.7 Å². The number of carbonyl (C=O) groups excluding carboxylic acids is 2. The highest BCUT2D eigenvalue weighted by Gasteiger charge is 2.54. The number of hydrogen-bond acceptors (Lipinski definition) is 6. The number of urea groups is 1. The van der Waals surface area contributed by atoms with Crippen molar-refractivity contribution in [1.29, 1.82) is 5.41 Å². The van der Waals surface area contributed by atoms with E-state index in [-0.39, 0.29) is 24.8 Å². The number of amidine groups is 1. The molecule has 3 fully saturated rings. The number of halogens is 3. The van der Waals surface area contributed by atoms with Gasteiger partial charge in [0.05, 0.1) is 6.42 Å². The normalized spacial score (nSPS) is 26.2. The van der Waals surface area contributed by atoms with E-state index in [0.29, 0.717) is 25.7 Å². The van der Waals surface area contributed by atoms with Crippen LogP contribution in [0.1, 0.15) is 82.7 Å². The SMILES string of the molecule is CN1C(=O)N(CCC(F)(F)F)[C@@](C)(CC2CCC(n3c(=O)c(C(=N)N)c(O)n(CC4CCCC4)c3=O)CC2)C1=O. The van der Waals surface area contributed by atoms with Crippen molar-refractivity contribution in [3.63, 3.8) is 0 Å². The summed E-state index contributed by atoms with van der Waals surface area (Å²) < 4.78 is 41.0. The van der Waals surface area contributed by atoms with Gasteiger partial charge in [0, 0.05) is 26.2 Å². The van der Waals surface area contributed by atoms with E-state index in [1.54, 1.807) is 0 Å². The van der Waals surface area contributed by atoms with E-state index in [4.69, 9.17) is 11.1 Å². The molecule has 0 spiro atoms. The molecule has 4 rings (SSSR count). The number of amides is 3. The minimum atomic E-state index is -4.48. The van der Waals surface area contributed by atoms with Gasteiger partial charge in [-0.3, -0.25) is 29.0 Å². The third-order valence-electron chi connectivity index (χ3n) is 8.90. The zero-order chi connectivity index (χ0) is 29.6. The van der Waals surface area contributed by atoms with E-state index in [1.807, 2.05) is 0 Å². The van der Waals surface area contributed by atoms with Gasteiger partial charge in [-0.05, 0) is 63.7 Å². The first-order valence-electron chi connectivity index (χ1n) is 13.7. The van der Waals surface area contributed by atoms with Gasteiger partial charge in [0.15, 0.2) is 0 Å². The lowest BCUT2D eigenvalue weighted by Gasteiger charge is -2.37. The van der Waals surface area contributed by atoms with E-state index in [9.17, 15) is 37.5 Å². The van der Waals surface area contributed by atoms with Gasteiger partial charge in [0.2, 0.25) is 5.88 Å². The second-order valence-electron chi connectivity index (χ2n) is 11.6. The minimum absolute atomic E-state index is 0.140. The zero-order valence-electron chi connectivity index (χ0n) is 22.8. The number of nitrogens with one attached hydrogen (secondary N) is 1. The highest BCUT2D eigenvalue weighted by atomic mass is 19.4. The van der Waals surface area contributed by atoms with Crippen molar-refractivity contribution < 1.29 is 27.9 Å². The van der Waals surface area contributed by atoms with Crippen molar-refractivity contribution in [3.8, 4) is 5.88 Å². The number of nitrogens with two attached hydrogens (primary N) is 1. The Hall–Kier alpha value is -3.32. The first kappa shape index (κ1) is 29.7. The fourth-order valence-corrected chi connectivity index (χ4v) is 6.74. The lowest BCUT2D eigenvalue weighted by atomic mass is 9.77. The van der Waals surface area contributed by atoms with E-state index in [0.717, 1.165) is 44.6 Å². The molecule has 14 heteroatoms. The maximum atomic E-state index is 13.5. The van der Waals surface area contributed by atoms with Crippen LogP contribution >= 0.6 is 0 Å². The summed E-state index contributed by atoms with van der Waals surface area (Å²) in [4.78, 5) is 54.1. The molecule has 2 saturated carbocycles. The summed E-state index contributed by atoms with van der Waals surface area (Å²) in [6.07, 6.45) is -0.0962.